The molecule has 1 saturated heterocycles. The second-order valence-electron chi connectivity index (χ2n) is 10.3. The van der Waals surface area contributed by atoms with Gasteiger partial charge in [0.2, 0.25) is 0 Å². The number of hydrogen-bond acceptors (Lipinski definition) is 4. The molecule has 0 amide bonds. The number of carbonyl (C=O) groups excluding carboxylic acids is 1. The molecule has 5 rings (SSSR count). The maximum Gasteiger partial charge on any atom is 0.341 e. The maximum atomic E-state index is 13.6. The van der Waals surface area contributed by atoms with Crippen LogP contribution in [0.25, 0.3) is 10.9 Å². The van der Waals surface area contributed by atoms with Crippen LogP contribution in [0.1, 0.15) is 76.0 Å². The van der Waals surface area contributed by atoms with Gasteiger partial charge in [-0.25, -0.2) is 4.79 Å². The van der Waals surface area contributed by atoms with E-state index in [1.165, 1.54) is 6.42 Å². The van der Waals surface area contributed by atoms with Crippen LogP contribution in [0.4, 0.5) is 0 Å². The maximum absolute atomic E-state index is 13.6. The van der Waals surface area contributed by atoms with E-state index in [4.69, 9.17) is 14.2 Å². The number of para-hydroxylation sites is 1. The molecule has 0 radical (unpaired) electrons. The highest BCUT2D eigenvalue weighted by atomic mass is 16.8. The summed E-state index contributed by atoms with van der Waals surface area (Å²) in [5.41, 5.74) is 2.64. The summed E-state index contributed by atoms with van der Waals surface area (Å²) in [6, 6.07) is 8.10. The highest BCUT2D eigenvalue weighted by molar-refractivity contribution is 6.06. The number of aromatic nitrogens is 1. The van der Waals surface area contributed by atoms with E-state index in [2.05, 4.69) is 31.4 Å². The third kappa shape index (κ3) is 3.18. The molecule has 1 aromatic heterocycles. The summed E-state index contributed by atoms with van der Waals surface area (Å²) in [4.78, 5) is 13.6. The SMILES string of the molecule is CC(C)[C@@H]1CC[C@@H](C)C[C@H]1OC(=O)c1c2n(c3ccccc13)C[C@H]1OC(C)(C)O[C@@H]21. The van der Waals surface area contributed by atoms with Gasteiger partial charge in [-0.15, -0.1) is 0 Å². The van der Waals surface area contributed by atoms with Crippen LogP contribution in [-0.4, -0.2) is 28.5 Å². The standard InChI is InChI=1S/C25H33NO4/c1-14(2)16-11-10-15(3)12-19(16)28-24(27)21-17-8-6-7-9-18(17)26-13-20-23(22(21)26)30-25(4,5)29-20/h6-9,14-16,19-20,23H,10-13H2,1-5H3/t15-,16+,19-,20-,23-/m1/s1. The number of hydrogen-bond donors (Lipinski definition) is 0. The largest absolute Gasteiger partial charge is 0.458 e. The van der Waals surface area contributed by atoms with Crippen LogP contribution in [0.2, 0.25) is 0 Å². The first kappa shape index (κ1) is 20.1. The second kappa shape index (κ2) is 7.10. The van der Waals surface area contributed by atoms with E-state index in [0.29, 0.717) is 29.9 Å². The first-order chi connectivity index (χ1) is 14.2. The third-order valence-corrected chi connectivity index (χ3v) is 7.25. The van der Waals surface area contributed by atoms with Gasteiger partial charge in [0.25, 0.3) is 0 Å². The summed E-state index contributed by atoms with van der Waals surface area (Å²) >= 11 is 0. The summed E-state index contributed by atoms with van der Waals surface area (Å²) < 4.78 is 20.8. The van der Waals surface area contributed by atoms with Gasteiger partial charge in [0.05, 0.1) is 17.8 Å². The number of esters is 1. The second-order valence-corrected chi connectivity index (χ2v) is 10.3. The van der Waals surface area contributed by atoms with Crippen molar-refractivity contribution in [3.8, 4) is 0 Å². The van der Waals surface area contributed by atoms with Gasteiger partial charge in [-0.05, 0) is 50.5 Å². The summed E-state index contributed by atoms with van der Waals surface area (Å²) in [5, 5.41) is 0.953. The Hall–Kier alpha value is -1.85. The molecule has 5 heteroatoms. The predicted octanol–water partition coefficient (Wildman–Crippen LogP) is 5.47. The fraction of sp³-hybridized carbons (Fsp3) is 0.640. The summed E-state index contributed by atoms with van der Waals surface area (Å²) in [6.45, 7) is 11.3. The van der Waals surface area contributed by atoms with Gasteiger partial charge in [0.15, 0.2) is 5.79 Å². The average Bonchev–Trinajstić information content (AvgIpc) is 3.26. The quantitative estimate of drug-likeness (QED) is 0.629. The first-order valence-electron chi connectivity index (χ1n) is 11.4. The number of carbonyl (C=O) groups is 1. The normalized spacial score (nSPS) is 32.4. The molecule has 0 spiro atoms. The molecule has 5 nitrogen and oxygen atoms in total. The number of fused-ring (bicyclic) bond motifs is 5. The minimum absolute atomic E-state index is 0.0232. The Morgan fingerprint density at radius 2 is 1.97 bits per heavy atom. The van der Waals surface area contributed by atoms with Crippen LogP contribution in [0.3, 0.4) is 0 Å². The van der Waals surface area contributed by atoms with Crippen molar-refractivity contribution in [2.45, 2.75) is 84.5 Å². The Balaban J connectivity index is 1.53. The van der Waals surface area contributed by atoms with Crippen molar-refractivity contribution in [3.63, 3.8) is 0 Å². The molecule has 1 aromatic carbocycles. The summed E-state index contributed by atoms with van der Waals surface area (Å²) in [5.74, 6) is 0.665. The first-order valence-corrected chi connectivity index (χ1v) is 11.4. The number of ether oxygens (including phenoxy) is 3. The zero-order valence-corrected chi connectivity index (χ0v) is 18.7. The van der Waals surface area contributed by atoms with Crippen LogP contribution in [0, 0.1) is 17.8 Å². The predicted molar refractivity (Wildman–Crippen MR) is 115 cm³/mol. The molecule has 5 atom stereocenters. The van der Waals surface area contributed by atoms with Crippen LogP contribution in [0.15, 0.2) is 24.3 Å². The van der Waals surface area contributed by atoms with Crippen molar-refractivity contribution in [3.05, 3.63) is 35.5 Å². The molecule has 3 heterocycles. The van der Waals surface area contributed by atoms with Gasteiger partial charge in [0.1, 0.15) is 18.3 Å². The lowest BCUT2D eigenvalue weighted by Crippen LogP contribution is -2.36. The Morgan fingerprint density at radius 1 is 1.20 bits per heavy atom. The zero-order valence-electron chi connectivity index (χ0n) is 18.7. The van der Waals surface area contributed by atoms with E-state index in [1.54, 1.807) is 0 Å². The van der Waals surface area contributed by atoms with E-state index in [-0.39, 0.29) is 24.3 Å². The number of nitrogens with zero attached hydrogens (tertiary/aromatic N) is 1. The Kier molecular flexibility index (Phi) is 4.75. The Morgan fingerprint density at radius 3 is 2.73 bits per heavy atom. The fourth-order valence-corrected chi connectivity index (χ4v) is 5.86. The molecule has 162 valence electrons. The fourth-order valence-electron chi connectivity index (χ4n) is 5.86. The third-order valence-electron chi connectivity index (χ3n) is 7.25. The molecular formula is C25H33NO4. The molecule has 2 aliphatic heterocycles. The van der Waals surface area contributed by atoms with Gasteiger partial charge in [-0.2, -0.15) is 0 Å². The molecule has 0 unspecified atom stereocenters. The Labute approximate surface area is 178 Å². The highest BCUT2D eigenvalue weighted by Crippen LogP contribution is 2.48. The van der Waals surface area contributed by atoms with Crippen molar-refractivity contribution in [2.75, 3.05) is 0 Å². The monoisotopic (exact) mass is 411 g/mol. The number of benzene rings is 1. The Bertz CT molecular complexity index is 975. The summed E-state index contributed by atoms with van der Waals surface area (Å²) in [6.07, 6.45) is 2.96. The van der Waals surface area contributed by atoms with Gasteiger partial charge >= 0.3 is 5.97 Å². The molecular weight excluding hydrogens is 378 g/mol. The van der Waals surface area contributed by atoms with Crippen molar-refractivity contribution in [1.29, 1.82) is 0 Å². The van der Waals surface area contributed by atoms with E-state index in [1.807, 2.05) is 32.0 Å². The molecule has 0 N–H and O–H groups in total. The molecule has 0 bridgehead atoms. The highest BCUT2D eigenvalue weighted by Gasteiger charge is 2.50. The molecule has 30 heavy (non-hydrogen) atoms. The van der Waals surface area contributed by atoms with E-state index < -0.39 is 5.79 Å². The van der Waals surface area contributed by atoms with E-state index >= 15 is 0 Å². The van der Waals surface area contributed by atoms with E-state index in [9.17, 15) is 4.79 Å². The minimum atomic E-state index is -0.639. The number of rotatable bonds is 3. The van der Waals surface area contributed by atoms with Crippen LogP contribution in [0.5, 0.6) is 0 Å². The van der Waals surface area contributed by atoms with Gasteiger partial charge in [0, 0.05) is 10.9 Å². The lowest BCUT2D eigenvalue weighted by atomic mass is 9.75. The molecule has 1 saturated carbocycles. The molecule has 2 aromatic rings. The minimum Gasteiger partial charge on any atom is -0.458 e. The molecule has 3 aliphatic rings. The molecule has 1 aliphatic carbocycles. The van der Waals surface area contributed by atoms with Crippen molar-refractivity contribution < 1.29 is 19.0 Å². The van der Waals surface area contributed by atoms with Crippen LogP contribution in [-0.2, 0) is 20.8 Å². The lowest BCUT2D eigenvalue weighted by Gasteiger charge is -2.36. The van der Waals surface area contributed by atoms with Gasteiger partial charge in [-0.1, -0.05) is 45.4 Å². The summed E-state index contributed by atoms with van der Waals surface area (Å²) in [7, 11) is 0. The van der Waals surface area contributed by atoms with Crippen molar-refractivity contribution in [2.24, 2.45) is 17.8 Å². The van der Waals surface area contributed by atoms with Gasteiger partial charge in [-0.3, -0.25) is 0 Å². The zero-order chi connectivity index (χ0) is 21.2. The van der Waals surface area contributed by atoms with Crippen LogP contribution < -0.4 is 0 Å². The molecule has 2 fully saturated rings. The van der Waals surface area contributed by atoms with Gasteiger partial charge < -0.3 is 18.8 Å². The lowest BCUT2D eigenvalue weighted by molar-refractivity contribution is -0.151. The van der Waals surface area contributed by atoms with Crippen LogP contribution >= 0.6 is 0 Å². The van der Waals surface area contributed by atoms with Crippen molar-refractivity contribution >= 4 is 16.9 Å². The average molecular weight is 412 g/mol. The topological polar surface area (TPSA) is 49.7 Å². The van der Waals surface area contributed by atoms with Crippen molar-refractivity contribution in [1.82, 2.24) is 4.57 Å². The smallest absolute Gasteiger partial charge is 0.341 e. The van der Waals surface area contributed by atoms with E-state index in [0.717, 1.165) is 29.4 Å².